The van der Waals surface area contributed by atoms with Gasteiger partial charge in [-0.15, -0.1) is 0 Å². The number of nitrogens with zero attached hydrogens (tertiary/aromatic N) is 2. The van der Waals surface area contributed by atoms with Gasteiger partial charge in [0.2, 0.25) is 0 Å². The number of carbonyl (C=O) groups excluding carboxylic acids is 1. The number of benzene rings is 1. The first-order valence-electron chi connectivity index (χ1n) is 7.12. The summed E-state index contributed by atoms with van der Waals surface area (Å²) in [4.78, 5) is 20.2. The molecule has 2 aromatic heterocycles. The molecule has 0 saturated carbocycles. The smallest absolute Gasteiger partial charge is 0.287 e. The van der Waals surface area contributed by atoms with E-state index in [4.69, 9.17) is 4.42 Å². The summed E-state index contributed by atoms with van der Waals surface area (Å²) in [6.07, 6.45) is 4.75. The van der Waals surface area contributed by atoms with E-state index in [-0.39, 0.29) is 17.3 Å². The molecule has 2 heterocycles. The van der Waals surface area contributed by atoms with Gasteiger partial charge in [0.05, 0.1) is 6.20 Å². The first-order valence-corrected chi connectivity index (χ1v) is 7.12. The summed E-state index contributed by atoms with van der Waals surface area (Å²) in [6, 6.07) is 4.62. The second-order valence-electron chi connectivity index (χ2n) is 4.95. The number of hydrogen-bond donors (Lipinski definition) is 2. The maximum Gasteiger partial charge on any atom is 0.287 e. The molecule has 0 radical (unpaired) electrons. The number of amides is 1. The third-order valence-electron chi connectivity index (χ3n) is 3.40. The van der Waals surface area contributed by atoms with Gasteiger partial charge in [0.1, 0.15) is 5.82 Å². The molecule has 0 aliphatic heterocycles. The largest absolute Gasteiger partial charge is 0.448 e. The molecule has 0 aliphatic rings. The number of anilines is 1. The highest BCUT2D eigenvalue weighted by molar-refractivity contribution is 5.99. The summed E-state index contributed by atoms with van der Waals surface area (Å²) in [7, 11) is 0. The van der Waals surface area contributed by atoms with Gasteiger partial charge in [-0.25, -0.2) is 9.37 Å². The number of nitrogens with one attached hydrogen (secondary N) is 2. The Balaban J connectivity index is 1.62. The minimum atomic E-state index is -0.478. The molecule has 0 unspecified atom stereocenters. The van der Waals surface area contributed by atoms with Crippen LogP contribution in [0.3, 0.4) is 0 Å². The summed E-state index contributed by atoms with van der Waals surface area (Å²) >= 11 is 0. The van der Waals surface area contributed by atoms with Crippen molar-refractivity contribution in [2.24, 2.45) is 0 Å². The Labute approximate surface area is 131 Å². The van der Waals surface area contributed by atoms with Gasteiger partial charge in [-0.3, -0.25) is 9.78 Å². The van der Waals surface area contributed by atoms with Gasteiger partial charge in [0, 0.05) is 36.4 Å². The van der Waals surface area contributed by atoms with Crippen LogP contribution < -0.4 is 10.6 Å². The quantitative estimate of drug-likeness (QED) is 0.707. The fourth-order valence-electron chi connectivity index (χ4n) is 2.26. The fraction of sp³-hybridized carbons (Fsp3) is 0.188. The minimum absolute atomic E-state index is 0.104. The Morgan fingerprint density at radius 1 is 1.30 bits per heavy atom. The molecule has 0 spiro atoms. The van der Waals surface area contributed by atoms with Crippen molar-refractivity contribution < 1.29 is 13.6 Å². The Morgan fingerprint density at radius 2 is 2.17 bits per heavy atom. The van der Waals surface area contributed by atoms with Crippen LogP contribution in [0.15, 0.2) is 41.2 Å². The van der Waals surface area contributed by atoms with E-state index in [9.17, 15) is 9.18 Å². The Hall–Kier alpha value is -2.96. The zero-order valence-electron chi connectivity index (χ0n) is 12.5. The number of halogens is 1. The predicted molar refractivity (Wildman–Crippen MR) is 83.8 cm³/mol. The zero-order chi connectivity index (χ0) is 16.2. The summed E-state index contributed by atoms with van der Waals surface area (Å²) in [5.41, 5.74) is 0.728. The second-order valence-corrected chi connectivity index (χ2v) is 4.95. The lowest BCUT2D eigenvalue weighted by Crippen LogP contribution is -2.29. The molecule has 0 atom stereocenters. The molecule has 23 heavy (non-hydrogen) atoms. The Morgan fingerprint density at radius 3 is 2.91 bits per heavy atom. The second kappa shape index (κ2) is 6.43. The van der Waals surface area contributed by atoms with E-state index >= 15 is 0 Å². The van der Waals surface area contributed by atoms with Crippen LogP contribution in [0.5, 0.6) is 0 Å². The summed E-state index contributed by atoms with van der Waals surface area (Å²) < 4.78 is 19.1. The molecule has 7 heteroatoms. The Bertz CT molecular complexity index is 833. The number of furan rings is 1. The first kappa shape index (κ1) is 15.0. The van der Waals surface area contributed by atoms with Crippen molar-refractivity contribution in [2.75, 3.05) is 18.4 Å². The molecule has 0 bridgehead atoms. The van der Waals surface area contributed by atoms with Gasteiger partial charge in [-0.05, 0) is 13.0 Å². The van der Waals surface area contributed by atoms with Gasteiger partial charge >= 0.3 is 0 Å². The summed E-state index contributed by atoms with van der Waals surface area (Å²) in [6.45, 7) is 2.59. The number of hydrogen-bond acceptors (Lipinski definition) is 5. The number of rotatable bonds is 5. The molecule has 6 nitrogen and oxygen atoms in total. The van der Waals surface area contributed by atoms with Crippen LogP contribution in [-0.4, -0.2) is 29.0 Å². The predicted octanol–water partition coefficient (Wildman–Crippen LogP) is 2.51. The van der Waals surface area contributed by atoms with Gasteiger partial charge in [-0.2, -0.15) is 0 Å². The number of fused-ring (bicyclic) bond motifs is 1. The summed E-state index contributed by atoms with van der Waals surface area (Å²) in [5, 5.41) is 6.35. The summed E-state index contributed by atoms with van der Waals surface area (Å²) in [5.74, 6) is -0.0960. The molecule has 2 N–H and O–H groups in total. The van der Waals surface area contributed by atoms with Gasteiger partial charge in [0.15, 0.2) is 17.2 Å². The average molecular weight is 314 g/mol. The van der Waals surface area contributed by atoms with E-state index in [1.165, 1.54) is 6.07 Å². The first-order chi connectivity index (χ1) is 11.2. The van der Waals surface area contributed by atoms with E-state index in [0.29, 0.717) is 29.9 Å². The molecule has 0 fully saturated rings. The molecule has 0 aliphatic carbocycles. The Kier molecular flexibility index (Phi) is 4.18. The number of para-hydroxylation sites is 1. The van der Waals surface area contributed by atoms with E-state index < -0.39 is 5.82 Å². The molecule has 118 valence electrons. The standard InChI is InChI=1S/C16H15FN4O2/c1-10-11-3-2-4-12(17)15(11)23-14(10)16(22)21-8-7-20-13-9-18-5-6-19-13/h2-6,9H,7-8H2,1H3,(H,19,20)(H,21,22). The van der Waals surface area contributed by atoms with Gasteiger partial charge in [-0.1, -0.05) is 12.1 Å². The maximum atomic E-state index is 13.7. The fourth-order valence-corrected chi connectivity index (χ4v) is 2.26. The van der Waals surface area contributed by atoms with Crippen LogP contribution in [0.4, 0.5) is 10.2 Å². The van der Waals surface area contributed by atoms with Crippen molar-refractivity contribution in [2.45, 2.75) is 6.92 Å². The van der Waals surface area contributed by atoms with Crippen LogP contribution in [0.2, 0.25) is 0 Å². The third-order valence-corrected chi connectivity index (χ3v) is 3.40. The normalized spacial score (nSPS) is 10.7. The van der Waals surface area contributed by atoms with Crippen molar-refractivity contribution in [3.05, 3.63) is 53.9 Å². The van der Waals surface area contributed by atoms with Gasteiger partial charge in [0.25, 0.3) is 5.91 Å². The zero-order valence-corrected chi connectivity index (χ0v) is 12.5. The van der Waals surface area contributed by atoms with Crippen LogP contribution in [0, 0.1) is 12.7 Å². The highest BCUT2D eigenvalue weighted by atomic mass is 19.1. The minimum Gasteiger partial charge on any atom is -0.448 e. The monoisotopic (exact) mass is 314 g/mol. The van der Waals surface area contributed by atoms with Crippen molar-refractivity contribution in [3.8, 4) is 0 Å². The number of carbonyl (C=O) groups is 1. The van der Waals surface area contributed by atoms with E-state index in [1.54, 1.807) is 37.6 Å². The van der Waals surface area contributed by atoms with E-state index in [1.807, 2.05) is 0 Å². The molecule has 3 rings (SSSR count). The SMILES string of the molecule is Cc1c(C(=O)NCCNc2cnccn2)oc2c(F)cccc12. The topological polar surface area (TPSA) is 80.0 Å². The van der Waals surface area contributed by atoms with Crippen LogP contribution in [-0.2, 0) is 0 Å². The van der Waals surface area contributed by atoms with Crippen LogP contribution in [0.1, 0.15) is 16.1 Å². The number of aromatic nitrogens is 2. The van der Waals surface area contributed by atoms with Crippen molar-refractivity contribution in [1.82, 2.24) is 15.3 Å². The van der Waals surface area contributed by atoms with E-state index in [2.05, 4.69) is 20.6 Å². The van der Waals surface area contributed by atoms with Gasteiger partial charge < -0.3 is 15.1 Å². The van der Waals surface area contributed by atoms with Crippen LogP contribution >= 0.6 is 0 Å². The highest BCUT2D eigenvalue weighted by Crippen LogP contribution is 2.27. The molecule has 3 aromatic rings. The average Bonchev–Trinajstić information content (AvgIpc) is 2.91. The molecular weight excluding hydrogens is 299 g/mol. The van der Waals surface area contributed by atoms with Crippen molar-refractivity contribution in [3.63, 3.8) is 0 Å². The molecule has 1 amide bonds. The van der Waals surface area contributed by atoms with Crippen LogP contribution in [0.25, 0.3) is 11.0 Å². The highest BCUT2D eigenvalue weighted by Gasteiger charge is 2.18. The molecule has 1 aromatic carbocycles. The molecule has 0 saturated heterocycles. The maximum absolute atomic E-state index is 13.7. The van der Waals surface area contributed by atoms with E-state index in [0.717, 1.165) is 0 Å². The lowest BCUT2D eigenvalue weighted by molar-refractivity contribution is 0.0928. The van der Waals surface area contributed by atoms with Crippen molar-refractivity contribution in [1.29, 1.82) is 0 Å². The van der Waals surface area contributed by atoms with Crippen molar-refractivity contribution >= 4 is 22.7 Å². The molecular formula is C16H15FN4O2. The number of aryl methyl sites for hydroxylation is 1. The lowest BCUT2D eigenvalue weighted by Gasteiger charge is -2.06. The third kappa shape index (κ3) is 3.13. The lowest BCUT2D eigenvalue weighted by atomic mass is 10.1.